The van der Waals surface area contributed by atoms with Gasteiger partial charge >= 0.3 is 5.97 Å². The van der Waals surface area contributed by atoms with E-state index in [4.69, 9.17) is 15.4 Å². The van der Waals surface area contributed by atoms with Gasteiger partial charge in [-0.2, -0.15) is 0 Å². The number of esters is 1. The first-order valence-corrected chi connectivity index (χ1v) is 7.74. The number of rotatable bonds is 3. The molecular weight excluding hydrogens is 302 g/mol. The molecule has 1 aliphatic carbocycles. The van der Waals surface area contributed by atoms with E-state index < -0.39 is 37.1 Å². The molecule has 0 radical (unpaired) electrons. The molecule has 0 aromatic heterocycles. The van der Waals surface area contributed by atoms with Crippen molar-refractivity contribution < 1.29 is 26.7 Å². The van der Waals surface area contributed by atoms with Crippen molar-refractivity contribution in [2.45, 2.75) is 30.3 Å². The Morgan fingerprint density at radius 2 is 1.95 bits per heavy atom. The molecule has 1 saturated carbocycles. The number of hydrogen-bond donors (Lipinski definition) is 0. The van der Waals surface area contributed by atoms with Crippen LogP contribution in [0.25, 0.3) is 0 Å². The van der Waals surface area contributed by atoms with E-state index in [1.807, 2.05) is 0 Å². The summed E-state index contributed by atoms with van der Waals surface area (Å²) in [6.45, 7) is 0. The smallest absolute Gasteiger partial charge is 0.341 e. The van der Waals surface area contributed by atoms with E-state index in [1.54, 1.807) is 0 Å². The fraction of sp³-hybridized carbons (Fsp3) is 0.364. The molecule has 0 bridgehead atoms. The average Bonchev–Trinajstić information content (AvgIpc) is 2.25. The zero-order valence-electron chi connectivity index (χ0n) is 9.53. The second-order valence-electron chi connectivity index (χ2n) is 4.16. The minimum absolute atomic E-state index is 0.328. The lowest BCUT2D eigenvalue weighted by Gasteiger charge is -2.25. The normalized spacial score (nSPS) is 15.9. The molecule has 1 aromatic carbocycles. The van der Waals surface area contributed by atoms with Gasteiger partial charge in [0.15, 0.2) is 11.6 Å². The highest BCUT2D eigenvalue weighted by Gasteiger charge is 2.27. The molecule has 1 fully saturated rings. The van der Waals surface area contributed by atoms with Crippen LogP contribution in [0.2, 0.25) is 0 Å². The third-order valence-corrected chi connectivity index (χ3v) is 4.16. The molecule has 0 amide bonds. The summed E-state index contributed by atoms with van der Waals surface area (Å²) in [4.78, 5) is 10.9. The van der Waals surface area contributed by atoms with Crippen LogP contribution in [0.5, 0.6) is 0 Å². The number of carbonyl (C=O) groups is 1. The molecule has 19 heavy (non-hydrogen) atoms. The van der Waals surface area contributed by atoms with Crippen molar-refractivity contribution in [2.75, 3.05) is 0 Å². The second-order valence-corrected chi connectivity index (χ2v) is 6.73. The molecule has 0 unspecified atom stereocenters. The Balaban J connectivity index is 2.37. The van der Waals surface area contributed by atoms with Crippen molar-refractivity contribution in [1.29, 1.82) is 0 Å². The second kappa shape index (κ2) is 5.05. The van der Waals surface area contributed by atoms with Gasteiger partial charge in [0.05, 0.1) is 10.5 Å². The minimum Gasteiger partial charge on any atom is -0.459 e. The van der Waals surface area contributed by atoms with E-state index in [1.165, 1.54) is 0 Å². The van der Waals surface area contributed by atoms with Gasteiger partial charge in [-0.1, -0.05) is 0 Å². The fourth-order valence-corrected chi connectivity index (χ4v) is 2.33. The number of hydrogen-bond acceptors (Lipinski definition) is 4. The number of ether oxygens (including phenoxy) is 1. The van der Waals surface area contributed by atoms with Gasteiger partial charge in [-0.05, 0) is 31.4 Å². The Labute approximate surface area is 112 Å². The molecular formula is C11H9ClF2O4S. The molecule has 2 rings (SSSR count). The molecule has 1 aliphatic rings. The molecule has 1 aromatic rings. The quantitative estimate of drug-likeness (QED) is 0.636. The van der Waals surface area contributed by atoms with Crippen molar-refractivity contribution >= 4 is 25.7 Å². The fourth-order valence-electron chi connectivity index (χ4n) is 1.56. The number of benzene rings is 1. The maximum absolute atomic E-state index is 13.5. The highest BCUT2D eigenvalue weighted by Crippen LogP contribution is 2.26. The largest absolute Gasteiger partial charge is 0.459 e. The summed E-state index contributed by atoms with van der Waals surface area (Å²) in [6.07, 6.45) is 1.88. The molecule has 104 valence electrons. The van der Waals surface area contributed by atoms with E-state index in [0.717, 1.165) is 6.42 Å². The van der Waals surface area contributed by atoms with Crippen LogP contribution in [0.4, 0.5) is 8.78 Å². The van der Waals surface area contributed by atoms with E-state index in [9.17, 15) is 22.0 Å². The Hall–Kier alpha value is -1.21. The monoisotopic (exact) mass is 310 g/mol. The highest BCUT2D eigenvalue weighted by molar-refractivity contribution is 8.13. The van der Waals surface area contributed by atoms with E-state index >= 15 is 0 Å². The van der Waals surface area contributed by atoms with E-state index in [-0.39, 0.29) is 6.10 Å². The first-order chi connectivity index (χ1) is 8.79. The minimum atomic E-state index is -4.26. The molecule has 0 heterocycles. The van der Waals surface area contributed by atoms with Crippen LogP contribution in [-0.4, -0.2) is 20.5 Å². The van der Waals surface area contributed by atoms with Gasteiger partial charge < -0.3 is 4.74 Å². The van der Waals surface area contributed by atoms with Crippen LogP contribution >= 0.6 is 10.7 Å². The van der Waals surface area contributed by atoms with Gasteiger partial charge in [0.25, 0.3) is 9.05 Å². The lowest BCUT2D eigenvalue weighted by molar-refractivity contribution is 0.00840. The van der Waals surface area contributed by atoms with Gasteiger partial charge in [0, 0.05) is 10.7 Å². The summed E-state index contributed by atoms with van der Waals surface area (Å²) in [5, 5.41) is 0. The lowest BCUT2D eigenvalue weighted by atomic mass is 9.96. The van der Waals surface area contributed by atoms with Crippen LogP contribution in [0.1, 0.15) is 29.6 Å². The van der Waals surface area contributed by atoms with Crippen molar-refractivity contribution in [3.05, 3.63) is 29.3 Å². The van der Waals surface area contributed by atoms with Gasteiger partial charge in [-0.15, -0.1) is 0 Å². The zero-order valence-corrected chi connectivity index (χ0v) is 11.1. The topological polar surface area (TPSA) is 60.4 Å². The Morgan fingerprint density at radius 1 is 1.32 bits per heavy atom. The Morgan fingerprint density at radius 3 is 2.42 bits per heavy atom. The first-order valence-electron chi connectivity index (χ1n) is 5.43. The summed E-state index contributed by atoms with van der Waals surface area (Å²) in [5.41, 5.74) is -0.772. The number of halogens is 3. The third-order valence-electron chi connectivity index (χ3n) is 2.83. The Bertz CT molecular complexity index is 626. The van der Waals surface area contributed by atoms with Gasteiger partial charge in [-0.25, -0.2) is 22.0 Å². The Kier molecular flexibility index (Phi) is 3.78. The molecule has 0 spiro atoms. The predicted octanol–water partition coefficient (Wildman–Crippen LogP) is 2.60. The summed E-state index contributed by atoms with van der Waals surface area (Å²) >= 11 is 0. The summed E-state index contributed by atoms with van der Waals surface area (Å²) < 4.78 is 53.8. The molecule has 0 N–H and O–H groups in total. The summed E-state index contributed by atoms with van der Waals surface area (Å²) in [5.74, 6) is -4.01. The van der Waals surface area contributed by atoms with Crippen LogP contribution < -0.4 is 0 Å². The average molecular weight is 311 g/mol. The standard InChI is InChI=1S/C11H9ClF2O4S/c12-19(16,17)7-4-8(10(14)9(13)5-7)11(15)18-6-2-1-3-6/h4-6H,1-3H2. The highest BCUT2D eigenvalue weighted by atomic mass is 35.7. The SMILES string of the molecule is O=C(OC1CCC1)c1cc(S(=O)(=O)Cl)cc(F)c1F. The predicted molar refractivity (Wildman–Crippen MR) is 62.5 cm³/mol. The first kappa shape index (κ1) is 14.2. The summed E-state index contributed by atoms with van der Waals surface area (Å²) in [6, 6.07) is 1.08. The van der Waals surface area contributed by atoms with Crippen molar-refractivity contribution in [3.8, 4) is 0 Å². The zero-order chi connectivity index (χ0) is 14.2. The lowest BCUT2D eigenvalue weighted by Crippen LogP contribution is -2.25. The summed E-state index contributed by atoms with van der Waals surface area (Å²) in [7, 11) is 0.774. The van der Waals surface area contributed by atoms with Crippen molar-refractivity contribution in [3.63, 3.8) is 0 Å². The maximum atomic E-state index is 13.5. The number of carbonyl (C=O) groups excluding carboxylic acids is 1. The van der Waals surface area contributed by atoms with Crippen LogP contribution in [0.3, 0.4) is 0 Å². The van der Waals surface area contributed by atoms with Gasteiger partial charge in [0.1, 0.15) is 6.10 Å². The van der Waals surface area contributed by atoms with E-state index in [0.29, 0.717) is 25.0 Å². The molecule has 0 saturated heterocycles. The van der Waals surface area contributed by atoms with Crippen LogP contribution in [0, 0.1) is 11.6 Å². The third kappa shape index (κ3) is 3.03. The van der Waals surface area contributed by atoms with Gasteiger partial charge in [-0.3, -0.25) is 0 Å². The molecule has 0 aliphatic heterocycles. The van der Waals surface area contributed by atoms with Crippen molar-refractivity contribution in [2.24, 2.45) is 0 Å². The molecule has 4 nitrogen and oxygen atoms in total. The van der Waals surface area contributed by atoms with Crippen LogP contribution in [-0.2, 0) is 13.8 Å². The van der Waals surface area contributed by atoms with E-state index in [2.05, 4.69) is 0 Å². The maximum Gasteiger partial charge on any atom is 0.341 e. The van der Waals surface area contributed by atoms with Gasteiger partial charge in [0.2, 0.25) is 0 Å². The van der Waals surface area contributed by atoms with Crippen molar-refractivity contribution in [1.82, 2.24) is 0 Å². The molecule has 8 heteroatoms. The molecule has 0 atom stereocenters. The van der Waals surface area contributed by atoms with Crippen LogP contribution in [0.15, 0.2) is 17.0 Å².